The van der Waals surface area contributed by atoms with Crippen LogP contribution in [0.3, 0.4) is 0 Å². The van der Waals surface area contributed by atoms with Gasteiger partial charge in [-0.2, -0.15) is 0 Å². The predicted molar refractivity (Wildman–Crippen MR) is 130 cm³/mol. The molecule has 0 amide bonds. The second kappa shape index (κ2) is 11.5. The van der Waals surface area contributed by atoms with Gasteiger partial charge in [0.1, 0.15) is 24.8 Å². The molecule has 0 saturated carbocycles. The smallest absolute Gasteiger partial charge is 0.165 e. The molecule has 7 heteroatoms. The highest BCUT2D eigenvalue weighted by molar-refractivity contribution is 5.28. The number of aliphatic hydroxyl groups is 1. The number of hydrogen-bond donors (Lipinski definition) is 1. The maximum absolute atomic E-state index is 13.8. The van der Waals surface area contributed by atoms with Crippen molar-refractivity contribution >= 4 is 0 Å². The molecule has 0 radical (unpaired) electrons. The van der Waals surface area contributed by atoms with E-state index in [1.165, 1.54) is 11.6 Å². The fourth-order valence-corrected chi connectivity index (χ4v) is 4.42. The lowest BCUT2D eigenvalue weighted by molar-refractivity contribution is -0.0177. The van der Waals surface area contributed by atoms with Crippen molar-refractivity contribution in [3.05, 3.63) is 78.1 Å². The summed E-state index contributed by atoms with van der Waals surface area (Å²) < 4.78 is 27.6. The summed E-state index contributed by atoms with van der Waals surface area (Å²) in [4.78, 5) is 6.69. The number of benzene rings is 2. The lowest BCUT2D eigenvalue weighted by Crippen LogP contribution is -2.37. The average Bonchev–Trinajstić information content (AvgIpc) is 3.22. The zero-order valence-electron chi connectivity index (χ0n) is 19.8. The molecule has 1 aliphatic heterocycles. The molecule has 0 bridgehead atoms. The van der Waals surface area contributed by atoms with Crippen molar-refractivity contribution in [1.29, 1.82) is 0 Å². The van der Waals surface area contributed by atoms with Gasteiger partial charge >= 0.3 is 0 Å². The third kappa shape index (κ3) is 6.58. The standard InChI is InChI=1S/C27H34FN3O3/c1-2-26-29-13-16-31(26)17-18-33-23-8-5-7-22(19-23)20-30-14-6-11-27(32,12-15-30)21-34-25-10-4-3-9-24(25)28/h3-5,7-10,13,16,19,32H,2,6,11-12,14-15,17-18,20-21H2,1H3. The topological polar surface area (TPSA) is 59.8 Å². The molecule has 34 heavy (non-hydrogen) atoms. The highest BCUT2D eigenvalue weighted by Crippen LogP contribution is 2.26. The van der Waals surface area contributed by atoms with Gasteiger partial charge in [-0.25, -0.2) is 9.37 Å². The quantitative estimate of drug-likeness (QED) is 0.477. The summed E-state index contributed by atoms with van der Waals surface area (Å²) in [7, 11) is 0. The van der Waals surface area contributed by atoms with Gasteiger partial charge in [0.05, 0.1) is 12.1 Å². The second-order valence-electron chi connectivity index (χ2n) is 8.96. The number of ether oxygens (including phenoxy) is 2. The van der Waals surface area contributed by atoms with Crippen molar-refractivity contribution in [2.24, 2.45) is 0 Å². The Balaban J connectivity index is 1.26. The molecular weight excluding hydrogens is 433 g/mol. The fourth-order valence-electron chi connectivity index (χ4n) is 4.42. The Morgan fingerprint density at radius 1 is 1.09 bits per heavy atom. The summed E-state index contributed by atoms with van der Waals surface area (Å²) in [5.74, 6) is 1.71. The van der Waals surface area contributed by atoms with Gasteiger partial charge in [-0.3, -0.25) is 4.90 Å². The molecule has 0 spiro atoms. The van der Waals surface area contributed by atoms with Crippen molar-refractivity contribution in [3.8, 4) is 11.5 Å². The normalized spacial score (nSPS) is 19.0. The Kier molecular flexibility index (Phi) is 8.19. The number of hydrogen-bond acceptors (Lipinski definition) is 5. The number of imidazole rings is 1. The first-order chi connectivity index (χ1) is 16.5. The van der Waals surface area contributed by atoms with Crippen LogP contribution in [0.2, 0.25) is 0 Å². The van der Waals surface area contributed by atoms with Crippen LogP contribution in [0.1, 0.15) is 37.6 Å². The van der Waals surface area contributed by atoms with E-state index < -0.39 is 11.4 Å². The number of rotatable bonds is 10. The van der Waals surface area contributed by atoms with Gasteiger partial charge in [-0.15, -0.1) is 0 Å². The van der Waals surface area contributed by atoms with Crippen molar-refractivity contribution < 1.29 is 19.0 Å². The van der Waals surface area contributed by atoms with Crippen LogP contribution in [0.25, 0.3) is 0 Å². The van der Waals surface area contributed by atoms with Crippen molar-refractivity contribution in [1.82, 2.24) is 14.5 Å². The first kappa shape index (κ1) is 24.2. The Hall–Kier alpha value is -2.90. The van der Waals surface area contributed by atoms with Gasteiger partial charge in [0.2, 0.25) is 0 Å². The summed E-state index contributed by atoms with van der Waals surface area (Å²) >= 11 is 0. The number of nitrogens with zero attached hydrogens (tertiary/aromatic N) is 3. The number of para-hydroxylation sites is 1. The predicted octanol–water partition coefficient (Wildman–Crippen LogP) is 4.46. The van der Waals surface area contributed by atoms with Gasteiger partial charge in [-0.1, -0.05) is 31.2 Å². The third-order valence-electron chi connectivity index (χ3n) is 6.37. The summed E-state index contributed by atoms with van der Waals surface area (Å²) in [6, 6.07) is 14.5. The van der Waals surface area contributed by atoms with E-state index in [-0.39, 0.29) is 12.4 Å². The molecule has 6 nitrogen and oxygen atoms in total. The molecule has 1 unspecified atom stereocenters. The van der Waals surface area contributed by atoms with Crippen LogP contribution in [-0.2, 0) is 19.5 Å². The monoisotopic (exact) mass is 467 g/mol. The molecule has 1 aromatic heterocycles. The molecule has 1 saturated heterocycles. The molecule has 2 heterocycles. The maximum Gasteiger partial charge on any atom is 0.165 e. The lowest BCUT2D eigenvalue weighted by atomic mass is 9.96. The van der Waals surface area contributed by atoms with Crippen LogP contribution in [-0.4, -0.2) is 51.5 Å². The largest absolute Gasteiger partial charge is 0.492 e. The van der Waals surface area contributed by atoms with E-state index in [1.807, 2.05) is 24.5 Å². The fraction of sp³-hybridized carbons (Fsp3) is 0.444. The number of halogens is 1. The molecule has 3 aromatic rings. The Bertz CT molecular complexity index is 1060. The minimum Gasteiger partial charge on any atom is -0.492 e. The van der Waals surface area contributed by atoms with Gasteiger partial charge in [-0.05, 0) is 55.6 Å². The van der Waals surface area contributed by atoms with E-state index in [4.69, 9.17) is 9.47 Å². The number of aromatic nitrogens is 2. The molecule has 4 rings (SSSR count). The van der Waals surface area contributed by atoms with Gasteiger partial charge in [0.15, 0.2) is 11.6 Å². The third-order valence-corrected chi connectivity index (χ3v) is 6.37. The first-order valence-electron chi connectivity index (χ1n) is 12.1. The SMILES string of the molecule is CCc1nccn1CCOc1cccc(CN2CCCC(O)(COc3ccccc3F)CC2)c1. The van der Waals surface area contributed by atoms with E-state index in [9.17, 15) is 9.50 Å². The summed E-state index contributed by atoms with van der Waals surface area (Å²) in [5, 5.41) is 11.0. The highest BCUT2D eigenvalue weighted by atomic mass is 19.1. The Morgan fingerprint density at radius 3 is 2.82 bits per heavy atom. The second-order valence-corrected chi connectivity index (χ2v) is 8.96. The molecule has 1 aliphatic rings. The van der Waals surface area contributed by atoms with E-state index in [1.54, 1.807) is 18.2 Å². The van der Waals surface area contributed by atoms with E-state index in [0.29, 0.717) is 19.4 Å². The van der Waals surface area contributed by atoms with Gasteiger partial charge in [0, 0.05) is 31.9 Å². The molecule has 1 atom stereocenters. The minimum atomic E-state index is -0.952. The molecule has 2 aromatic carbocycles. The van der Waals surface area contributed by atoms with E-state index >= 15 is 0 Å². The summed E-state index contributed by atoms with van der Waals surface area (Å²) in [6.07, 6.45) is 6.80. The number of likely N-dealkylation sites (tertiary alicyclic amines) is 1. The van der Waals surface area contributed by atoms with E-state index in [2.05, 4.69) is 33.5 Å². The minimum absolute atomic E-state index is 0.0990. The van der Waals surface area contributed by atoms with Crippen molar-refractivity contribution in [2.45, 2.75) is 51.3 Å². The van der Waals surface area contributed by atoms with Crippen LogP contribution in [0.4, 0.5) is 4.39 Å². The van der Waals surface area contributed by atoms with Crippen LogP contribution in [0, 0.1) is 5.82 Å². The van der Waals surface area contributed by atoms with Gasteiger partial charge < -0.3 is 19.1 Å². The molecule has 1 fully saturated rings. The maximum atomic E-state index is 13.8. The van der Waals surface area contributed by atoms with Crippen molar-refractivity contribution in [2.75, 3.05) is 26.3 Å². The van der Waals surface area contributed by atoms with Gasteiger partial charge in [0.25, 0.3) is 0 Å². The average molecular weight is 468 g/mol. The lowest BCUT2D eigenvalue weighted by Gasteiger charge is -2.27. The van der Waals surface area contributed by atoms with Crippen LogP contribution < -0.4 is 9.47 Å². The zero-order chi connectivity index (χ0) is 23.8. The molecule has 0 aliphatic carbocycles. The number of aryl methyl sites for hydroxylation is 1. The van der Waals surface area contributed by atoms with Crippen molar-refractivity contribution in [3.63, 3.8) is 0 Å². The molecule has 182 valence electrons. The summed E-state index contributed by atoms with van der Waals surface area (Å²) in [6.45, 7) is 6.00. The Labute approximate surface area is 201 Å². The van der Waals surface area contributed by atoms with E-state index in [0.717, 1.165) is 50.6 Å². The zero-order valence-corrected chi connectivity index (χ0v) is 19.8. The van der Waals surface area contributed by atoms with Crippen LogP contribution in [0.5, 0.6) is 11.5 Å². The molecule has 1 N–H and O–H groups in total. The Morgan fingerprint density at radius 2 is 1.97 bits per heavy atom. The first-order valence-corrected chi connectivity index (χ1v) is 12.1. The summed E-state index contributed by atoms with van der Waals surface area (Å²) in [5.41, 5.74) is 0.231. The highest BCUT2D eigenvalue weighted by Gasteiger charge is 2.31. The van der Waals surface area contributed by atoms with Crippen LogP contribution >= 0.6 is 0 Å². The van der Waals surface area contributed by atoms with Crippen LogP contribution in [0.15, 0.2) is 60.9 Å². The molecular formula is C27H34FN3O3.